The third-order valence-corrected chi connectivity index (χ3v) is 7.30. The Labute approximate surface area is 128 Å². The van der Waals surface area contributed by atoms with E-state index in [0.717, 1.165) is 38.5 Å². The summed E-state index contributed by atoms with van der Waals surface area (Å²) in [5.74, 6) is 1.12. The SMILES string of the molecule is CN(C1CCCCCC1)S(=O)(=O)N1CCC(CCl)CC1. The minimum Gasteiger partial charge on any atom is -0.195 e. The third kappa shape index (κ3) is 3.87. The molecule has 4 nitrogen and oxygen atoms in total. The van der Waals surface area contributed by atoms with Crippen molar-refractivity contribution in [1.29, 1.82) is 0 Å². The zero-order valence-electron chi connectivity index (χ0n) is 12.4. The van der Waals surface area contributed by atoms with Gasteiger partial charge < -0.3 is 0 Å². The van der Waals surface area contributed by atoms with Gasteiger partial charge in [0.15, 0.2) is 0 Å². The Balaban J connectivity index is 1.98. The molecule has 1 saturated heterocycles. The lowest BCUT2D eigenvalue weighted by Crippen LogP contribution is -2.49. The predicted octanol–water partition coefficient (Wildman–Crippen LogP) is 2.84. The van der Waals surface area contributed by atoms with E-state index in [0.29, 0.717) is 24.9 Å². The fourth-order valence-corrected chi connectivity index (χ4v) is 5.22. The monoisotopic (exact) mass is 322 g/mol. The maximum atomic E-state index is 12.7. The van der Waals surface area contributed by atoms with Gasteiger partial charge in [-0.05, 0) is 31.6 Å². The maximum Gasteiger partial charge on any atom is 0.281 e. The molecule has 0 bridgehead atoms. The molecule has 0 amide bonds. The second-order valence-electron chi connectivity index (χ2n) is 6.17. The predicted molar refractivity (Wildman–Crippen MR) is 83.2 cm³/mol. The molecule has 1 aliphatic heterocycles. The molecule has 6 heteroatoms. The molecule has 0 atom stereocenters. The highest BCUT2D eigenvalue weighted by atomic mass is 35.5. The van der Waals surface area contributed by atoms with Crippen molar-refractivity contribution < 1.29 is 8.42 Å². The van der Waals surface area contributed by atoms with Gasteiger partial charge in [-0.25, -0.2) is 0 Å². The summed E-state index contributed by atoms with van der Waals surface area (Å²) in [4.78, 5) is 0. The summed E-state index contributed by atoms with van der Waals surface area (Å²) in [6.07, 6.45) is 8.58. The van der Waals surface area contributed by atoms with Crippen LogP contribution in [0.15, 0.2) is 0 Å². The van der Waals surface area contributed by atoms with Gasteiger partial charge in [0.25, 0.3) is 10.2 Å². The first-order valence-corrected chi connectivity index (χ1v) is 9.78. The fraction of sp³-hybridized carbons (Fsp3) is 1.00. The summed E-state index contributed by atoms with van der Waals surface area (Å²) in [5, 5.41) is 0. The number of rotatable bonds is 4. The summed E-state index contributed by atoms with van der Waals surface area (Å²) >= 11 is 5.87. The molecule has 0 N–H and O–H groups in total. The number of halogens is 1. The van der Waals surface area contributed by atoms with Crippen molar-refractivity contribution in [3.63, 3.8) is 0 Å². The molecule has 0 unspecified atom stereocenters. The Morgan fingerprint density at radius 2 is 1.60 bits per heavy atom. The van der Waals surface area contributed by atoms with Gasteiger partial charge in [0, 0.05) is 32.1 Å². The van der Waals surface area contributed by atoms with E-state index in [1.807, 2.05) is 0 Å². The van der Waals surface area contributed by atoms with Crippen LogP contribution < -0.4 is 0 Å². The molecule has 118 valence electrons. The van der Waals surface area contributed by atoms with Crippen LogP contribution in [0, 0.1) is 5.92 Å². The molecule has 0 radical (unpaired) electrons. The lowest BCUT2D eigenvalue weighted by Gasteiger charge is -2.36. The van der Waals surface area contributed by atoms with E-state index >= 15 is 0 Å². The van der Waals surface area contributed by atoms with Gasteiger partial charge in [-0.1, -0.05) is 25.7 Å². The van der Waals surface area contributed by atoms with Gasteiger partial charge in [-0.3, -0.25) is 0 Å². The number of nitrogens with zero attached hydrogens (tertiary/aromatic N) is 2. The molecule has 20 heavy (non-hydrogen) atoms. The van der Waals surface area contributed by atoms with Crippen LogP contribution >= 0.6 is 11.6 Å². The van der Waals surface area contributed by atoms with Gasteiger partial charge in [0.1, 0.15) is 0 Å². The van der Waals surface area contributed by atoms with E-state index in [-0.39, 0.29) is 6.04 Å². The van der Waals surface area contributed by atoms with Gasteiger partial charge >= 0.3 is 0 Å². The number of hydrogen-bond donors (Lipinski definition) is 0. The topological polar surface area (TPSA) is 40.6 Å². The Hall–Kier alpha value is 0.160. The number of alkyl halides is 1. The van der Waals surface area contributed by atoms with Crippen LogP contribution in [-0.2, 0) is 10.2 Å². The second kappa shape index (κ2) is 7.43. The van der Waals surface area contributed by atoms with E-state index in [1.54, 1.807) is 15.7 Å². The standard InChI is InChI=1S/C14H27ClN2O2S/c1-16(14-6-4-2-3-5-7-14)20(18,19)17-10-8-13(12-15)9-11-17/h13-14H,2-12H2,1H3. The van der Waals surface area contributed by atoms with Crippen molar-refractivity contribution >= 4 is 21.8 Å². The van der Waals surface area contributed by atoms with Crippen molar-refractivity contribution in [2.24, 2.45) is 5.92 Å². The van der Waals surface area contributed by atoms with Crippen LogP contribution in [0.4, 0.5) is 0 Å². The van der Waals surface area contributed by atoms with Gasteiger partial charge in [-0.2, -0.15) is 17.0 Å². The van der Waals surface area contributed by atoms with Crippen molar-refractivity contribution in [3.8, 4) is 0 Å². The van der Waals surface area contributed by atoms with E-state index in [2.05, 4.69) is 0 Å². The molecule has 2 fully saturated rings. The Kier molecular flexibility index (Phi) is 6.14. The zero-order chi connectivity index (χ0) is 14.6. The molecule has 1 aliphatic carbocycles. The van der Waals surface area contributed by atoms with Crippen molar-refractivity contribution in [2.75, 3.05) is 26.0 Å². The lowest BCUT2D eigenvalue weighted by atomic mass is 10.0. The minimum atomic E-state index is -3.29. The van der Waals surface area contributed by atoms with E-state index in [1.165, 1.54) is 12.8 Å². The smallest absolute Gasteiger partial charge is 0.195 e. The first kappa shape index (κ1) is 16.5. The molecule has 2 aliphatic rings. The van der Waals surface area contributed by atoms with Crippen LogP contribution in [0.1, 0.15) is 51.4 Å². The van der Waals surface area contributed by atoms with Crippen LogP contribution in [0.3, 0.4) is 0 Å². The third-order valence-electron chi connectivity index (χ3n) is 4.82. The number of piperidine rings is 1. The second-order valence-corrected chi connectivity index (χ2v) is 8.46. The Morgan fingerprint density at radius 1 is 1.05 bits per heavy atom. The molecular formula is C14H27ClN2O2S. The maximum absolute atomic E-state index is 12.7. The fourth-order valence-electron chi connectivity index (χ4n) is 3.29. The van der Waals surface area contributed by atoms with Crippen molar-refractivity contribution in [3.05, 3.63) is 0 Å². The normalized spacial score (nSPS) is 24.9. The summed E-state index contributed by atoms with van der Waals surface area (Å²) in [5.41, 5.74) is 0. The first-order chi connectivity index (χ1) is 9.55. The van der Waals surface area contributed by atoms with Gasteiger partial charge in [0.2, 0.25) is 0 Å². The minimum absolute atomic E-state index is 0.188. The lowest BCUT2D eigenvalue weighted by molar-refractivity contribution is 0.252. The molecule has 1 saturated carbocycles. The molecule has 1 heterocycles. The van der Waals surface area contributed by atoms with E-state index < -0.39 is 10.2 Å². The van der Waals surface area contributed by atoms with Crippen LogP contribution in [-0.4, -0.2) is 49.1 Å². The highest BCUT2D eigenvalue weighted by Crippen LogP contribution is 2.26. The van der Waals surface area contributed by atoms with Crippen LogP contribution in [0.5, 0.6) is 0 Å². The summed E-state index contributed by atoms with van der Waals surface area (Å²) < 4.78 is 28.7. The number of hydrogen-bond acceptors (Lipinski definition) is 2. The summed E-state index contributed by atoms with van der Waals surface area (Å²) in [6, 6.07) is 0.188. The van der Waals surface area contributed by atoms with E-state index in [4.69, 9.17) is 11.6 Å². The van der Waals surface area contributed by atoms with E-state index in [9.17, 15) is 8.42 Å². The highest BCUT2D eigenvalue weighted by Gasteiger charge is 2.34. The molecule has 0 aromatic rings. The molecule has 0 aromatic carbocycles. The average Bonchev–Trinajstić information content (AvgIpc) is 2.75. The summed E-state index contributed by atoms with van der Waals surface area (Å²) in [6.45, 7) is 1.24. The molecule has 2 rings (SSSR count). The van der Waals surface area contributed by atoms with Gasteiger partial charge in [0.05, 0.1) is 0 Å². The zero-order valence-corrected chi connectivity index (χ0v) is 14.0. The molecule has 0 spiro atoms. The van der Waals surface area contributed by atoms with Crippen molar-refractivity contribution in [2.45, 2.75) is 57.4 Å². The van der Waals surface area contributed by atoms with Crippen LogP contribution in [0.2, 0.25) is 0 Å². The van der Waals surface area contributed by atoms with Crippen molar-refractivity contribution in [1.82, 2.24) is 8.61 Å². The quantitative estimate of drug-likeness (QED) is 0.590. The Bertz CT molecular complexity index is 386. The van der Waals surface area contributed by atoms with Gasteiger partial charge in [-0.15, -0.1) is 11.6 Å². The molecule has 0 aromatic heterocycles. The largest absolute Gasteiger partial charge is 0.281 e. The summed E-state index contributed by atoms with van der Waals surface area (Å²) in [7, 11) is -1.52. The average molecular weight is 323 g/mol. The Morgan fingerprint density at radius 3 is 2.10 bits per heavy atom. The van der Waals surface area contributed by atoms with Crippen LogP contribution in [0.25, 0.3) is 0 Å². The highest BCUT2D eigenvalue weighted by molar-refractivity contribution is 7.86. The molecular weight excluding hydrogens is 296 g/mol. The first-order valence-electron chi connectivity index (χ1n) is 7.84.